The SMILES string of the molecule is CC1CCN(C)CC1F.CCC. The Morgan fingerprint density at radius 2 is 1.92 bits per heavy atom. The summed E-state index contributed by atoms with van der Waals surface area (Å²) >= 11 is 0. The minimum atomic E-state index is -0.594. The van der Waals surface area contributed by atoms with Gasteiger partial charge in [-0.2, -0.15) is 0 Å². The predicted octanol–water partition coefficient (Wildman–Crippen LogP) is 2.71. The molecule has 2 unspecified atom stereocenters. The maximum absolute atomic E-state index is 12.8. The molecule has 0 bridgehead atoms. The van der Waals surface area contributed by atoms with Crippen molar-refractivity contribution in [2.45, 2.75) is 39.8 Å². The van der Waals surface area contributed by atoms with Gasteiger partial charge in [0.1, 0.15) is 6.17 Å². The third kappa shape index (κ3) is 4.70. The zero-order valence-corrected chi connectivity index (χ0v) is 8.81. The number of nitrogens with zero attached hydrogens (tertiary/aromatic N) is 1. The van der Waals surface area contributed by atoms with E-state index in [9.17, 15) is 4.39 Å². The molecular formula is C10H22FN. The highest BCUT2D eigenvalue weighted by molar-refractivity contribution is 4.74. The van der Waals surface area contributed by atoms with Gasteiger partial charge >= 0.3 is 0 Å². The topological polar surface area (TPSA) is 3.24 Å². The quantitative estimate of drug-likeness (QED) is 0.547. The molecule has 0 aromatic carbocycles. The molecule has 74 valence electrons. The van der Waals surface area contributed by atoms with Crippen molar-refractivity contribution in [3.63, 3.8) is 0 Å². The first-order chi connectivity index (χ1) is 5.61. The third-order valence-corrected chi connectivity index (χ3v) is 2.07. The van der Waals surface area contributed by atoms with Crippen LogP contribution in [0, 0.1) is 5.92 Å². The maximum Gasteiger partial charge on any atom is 0.115 e. The Bertz CT molecular complexity index is 106. The number of alkyl halides is 1. The molecule has 0 amide bonds. The summed E-state index contributed by atoms with van der Waals surface area (Å²) < 4.78 is 12.8. The standard InChI is InChI=1S/C7H14FN.C3H8/c1-6-3-4-9(2)5-7(6)8;1-3-2/h6-7H,3-5H2,1-2H3;3H2,1-2H3. The highest BCUT2D eigenvalue weighted by atomic mass is 19.1. The first-order valence-corrected chi connectivity index (χ1v) is 4.94. The van der Waals surface area contributed by atoms with E-state index in [1.807, 2.05) is 18.9 Å². The lowest BCUT2D eigenvalue weighted by atomic mass is 9.98. The van der Waals surface area contributed by atoms with E-state index >= 15 is 0 Å². The molecule has 1 rings (SSSR count). The van der Waals surface area contributed by atoms with Crippen LogP contribution in [0.5, 0.6) is 0 Å². The van der Waals surface area contributed by atoms with Gasteiger partial charge in [-0.1, -0.05) is 27.2 Å². The van der Waals surface area contributed by atoms with E-state index < -0.39 is 6.17 Å². The number of rotatable bonds is 0. The summed E-state index contributed by atoms with van der Waals surface area (Å²) in [5, 5.41) is 0. The largest absolute Gasteiger partial charge is 0.303 e. The fourth-order valence-electron chi connectivity index (χ4n) is 1.17. The Labute approximate surface area is 75.9 Å². The van der Waals surface area contributed by atoms with E-state index in [-0.39, 0.29) is 5.92 Å². The Morgan fingerprint density at radius 3 is 2.25 bits per heavy atom. The van der Waals surface area contributed by atoms with Gasteiger partial charge in [0.2, 0.25) is 0 Å². The molecule has 0 aliphatic carbocycles. The van der Waals surface area contributed by atoms with E-state index in [0.29, 0.717) is 6.54 Å². The average Bonchev–Trinajstić information content (AvgIpc) is 1.99. The van der Waals surface area contributed by atoms with Crippen LogP contribution in [0.1, 0.15) is 33.6 Å². The van der Waals surface area contributed by atoms with Crippen LogP contribution >= 0.6 is 0 Å². The minimum absolute atomic E-state index is 0.279. The molecule has 0 saturated carbocycles. The lowest BCUT2D eigenvalue weighted by molar-refractivity contribution is 0.112. The maximum atomic E-state index is 12.8. The van der Waals surface area contributed by atoms with Gasteiger partial charge in [-0.25, -0.2) is 4.39 Å². The Morgan fingerprint density at radius 1 is 1.42 bits per heavy atom. The summed E-state index contributed by atoms with van der Waals surface area (Å²) in [6, 6.07) is 0. The molecule has 1 aliphatic heterocycles. The molecule has 0 N–H and O–H groups in total. The minimum Gasteiger partial charge on any atom is -0.303 e. The molecular weight excluding hydrogens is 153 g/mol. The molecule has 2 heteroatoms. The van der Waals surface area contributed by atoms with E-state index in [1.54, 1.807) is 0 Å². The summed E-state index contributed by atoms with van der Waals surface area (Å²) in [7, 11) is 1.97. The Hall–Kier alpha value is -0.110. The van der Waals surface area contributed by atoms with Gasteiger partial charge in [0.25, 0.3) is 0 Å². The molecule has 12 heavy (non-hydrogen) atoms. The van der Waals surface area contributed by atoms with Crippen LogP contribution in [0.4, 0.5) is 4.39 Å². The second kappa shape index (κ2) is 6.41. The van der Waals surface area contributed by atoms with Crippen molar-refractivity contribution in [2.75, 3.05) is 20.1 Å². The summed E-state index contributed by atoms with van der Waals surface area (Å²) in [5.74, 6) is 0.279. The predicted molar refractivity (Wildman–Crippen MR) is 52.1 cm³/mol. The monoisotopic (exact) mass is 175 g/mol. The number of hydrogen-bond donors (Lipinski definition) is 0. The van der Waals surface area contributed by atoms with Gasteiger partial charge in [-0.05, 0) is 25.9 Å². The number of piperidine rings is 1. The van der Waals surface area contributed by atoms with Crippen LogP contribution in [0.15, 0.2) is 0 Å². The highest BCUT2D eigenvalue weighted by Gasteiger charge is 2.22. The summed E-state index contributed by atoms with van der Waals surface area (Å²) in [5.41, 5.74) is 0. The fourth-order valence-corrected chi connectivity index (χ4v) is 1.17. The summed E-state index contributed by atoms with van der Waals surface area (Å²) in [6.07, 6.45) is 1.67. The smallest absolute Gasteiger partial charge is 0.115 e. The molecule has 0 aromatic rings. The molecule has 0 aromatic heterocycles. The molecule has 1 saturated heterocycles. The number of hydrogen-bond acceptors (Lipinski definition) is 1. The van der Waals surface area contributed by atoms with Crippen LogP contribution in [-0.2, 0) is 0 Å². The highest BCUT2D eigenvalue weighted by Crippen LogP contribution is 2.17. The molecule has 0 spiro atoms. The van der Waals surface area contributed by atoms with Crippen molar-refractivity contribution < 1.29 is 4.39 Å². The molecule has 2 atom stereocenters. The second-order valence-corrected chi connectivity index (χ2v) is 3.75. The number of likely N-dealkylation sites (tertiary alicyclic amines) is 1. The lowest BCUT2D eigenvalue weighted by Gasteiger charge is -2.29. The van der Waals surface area contributed by atoms with Crippen molar-refractivity contribution in [1.82, 2.24) is 4.90 Å². The Kier molecular flexibility index (Phi) is 6.35. The molecule has 0 radical (unpaired) electrons. The Balaban J connectivity index is 0.000000354. The van der Waals surface area contributed by atoms with Crippen molar-refractivity contribution in [2.24, 2.45) is 5.92 Å². The van der Waals surface area contributed by atoms with Gasteiger partial charge in [0.05, 0.1) is 0 Å². The molecule has 1 nitrogen and oxygen atoms in total. The second-order valence-electron chi connectivity index (χ2n) is 3.75. The van der Waals surface area contributed by atoms with Crippen molar-refractivity contribution >= 4 is 0 Å². The van der Waals surface area contributed by atoms with Crippen LogP contribution in [0.3, 0.4) is 0 Å². The van der Waals surface area contributed by atoms with Crippen molar-refractivity contribution in [1.29, 1.82) is 0 Å². The van der Waals surface area contributed by atoms with E-state index in [0.717, 1.165) is 13.0 Å². The first-order valence-electron chi connectivity index (χ1n) is 4.94. The molecule has 1 heterocycles. The van der Waals surface area contributed by atoms with Gasteiger partial charge in [-0.3, -0.25) is 0 Å². The van der Waals surface area contributed by atoms with Crippen LogP contribution in [0.25, 0.3) is 0 Å². The van der Waals surface area contributed by atoms with Crippen LogP contribution < -0.4 is 0 Å². The van der Waals surface area contributed by atoms with E-state index in [4.69, 9.17) is 0 Å². The van der Waals surface area contributed by atoms with Crippen LogP contribution in [-0.4, -0.2) is 31.2 Å². The lowest BCUT2D eigenvalue weighted by Crippen LogP contribution is -2.38. The van der Waals surface area contributed by atoms with Gasteiger partial charge in [-0.15, -0.1) is 0 Å². The summed E-state index contributed by atoms with van der Waals surface area (Å²) in [6.45, 7) is 7.92. The normalized spacial score (nSPS) is 30.8. The van der Waals surface area contributed by atoms with Crippen LogP contribution in [0.2, 0.25) is 0 Å². The fraction of sp³-hybridized carbons (Fsp3) is 1.00. The van der Waals surface area contributed by atoms with Gasteiger partial charge < -0.3 is 4.90 Å². The van der Waals surface area contributed by atoms with Crippen molar-refractivity contribution in [3.8, 4) is 0 Å². The average molecular weight is 175 g/mol. The molecule has 1 aliphatic rings. The zero-order valence-electron chi connectivity index (χ0n) is 8.81. The van der Waals surface area contributed by atoms with E-state index in [2.05, 4.69) is 13.8 Å². The first kappa shape index (κ1) is 11.9. The third-order valence-electron chi connectivity index (χ3n) is 2.07. The zero-order chi connectivity index (χ0) is 9.56. The van der Waals surface area contributed by atoms with Gasteiger partial charge in [0.15, 0.2) is 0 Å². The molecule has 1 fully saturated rings. The van der Waals surface area contributed by atoms with Crippen molar-refractivity contribution in [3.05, 3.63) is 0 Å². The number of halogens is 1. The summed E-state index contributed by atoms with van der Waals surface area (Å²) in [4.78, 5) is 2.05. The van der Waals surface area contributed by atoms with Gasteiger partial charge in [0, 0.05) is 6.54 Å². The van der Waals surface area contributed by atoms with E-state index in [1.165, 1.54) is 6.42 Å².